The Hall–Kier alpha value is -3.28. The van der Waals surface area contributed by atoms with Crippen LogP contribution in [0.3, 0.4) is 0 Å². The van der Waals surface area contributed by atoms with Crippen LogP contribution in [0.15, 0.2) is 72.8 Å². The van der Waals surface area contributed by atoms with Gasteiger partial charge in [-0.15, -0.1) is 0 Å². The number of phenols is 1. The second-order valence-electron chi connectivity index (χ2n) is 8.84. The third-order valence-electron chi connectivity index (χ3n) is 6.18. The summed E-state index contributed by atoms with van der Waals surface area (Å²) in [5, 5.41) is 10.7. The van der Waals surface area contributed by atoms with Crippen molar-refractivity contribution in [3.63, 3.8) is 0 Å². The molecule has 0 unspecified atom stereocenters. The molecule has 178 valence electrons. The van der Waals surface area contributed by atoms with Crippen molar-refractivity contribution in [1.82, 2.24) is 4.90 Å². The van der Waals surface area contributed by atoms with Crippen LogP contribution in [0.5, 0.6) is 11.5 Å². The van der Waals surface area contributed by atoms with Crippen molar-refractivity contribution >= 4 is 16.8 Å². The molecule has 1 saturated heterocycles. The predicted molar refractivity (Wildman–Crippen MR) is 140 cm³/mol. The third kappa shape index (κ3) is 5.79. The van der Waals surface area contributed by atoms with Gasteiger partial charge in [-0.25, -0.2) is 0 Å². The van der Waals surface area contributed by atoms with Crippen molar-refractivity contribution in [2.75, 3.05) is 58.5 Å². The van der Waals surface area contributed by atoms with Crippen molar-refractivity contribution in [2.45, 2.75) is 6.92 Å². The Morgan fingerprint density at radius 3 is 2.21 bits per heavy atom. The number of likely N-dealkylation sites (N-methyl/N-ethyl adjacent to an activating group) is 1. The largest absolute Gasteiger partial charge is 0.507 e. The van der Waals surface area contributed by atoms with Crippen LogP contribution in [-0.4, -0.2) is 63.6 Å². The van der Waals surface area contributed by atoms with Gasteiger partial charge in [0.25, 0.3) is 0 Å². The molecule has 1 aliphatic rings. The first-order chi connectivity index (χ1) is 16.5. The zero-order chi connectivity index (χ0) is 23.9. The van der Waals surface area contributed by atoms with Crippen LogP contribution in [0.1, 0.15) is 23.6 Å². The Morgan fingerprint density at radius 2 is 1.56 bits per heavy atom. The number of ether oxygens (including phenoxy) is 2. The minimum Gasteiger partial charge on any atom is -0.507 e. The van der Waals surface area contributed by atoms with Crippen molar-refractivity contribution in [3.8, 4) is 11.5 Å². The number of para-hydroxylation sites is 1. The van der Waals surface area contributed by atoms with Crippen molar-refractivity contribution in [1.29, 1.82) is 0 Å². The first-order valence-corrected chi connectivity index (χ1v) is 11.8. The number of aromatic hydroxyl groups is 1. The highest BCUT2D eigenvalue weighted by atomic mass is 16.5. The van der Waals surface area contributed by atoms with Gasteiger partial charge in [-0.05, 0) is 73.6 Å². The molecule has 1 heterocycles. The average Bonchev–Trinajstić information content (AvgIpc) is 2.86. The summed E-state index contributed by atoms with van der Waals surface area (Å²) in [6, 6.07) is 24.3. The number of benzene rings is 3. The number of phenolic OH excluding ortho intramolecular Hbond substituents is 1. The number of rotatable bonds is 8. The molecule has 0 bridgehead atoms. The van der Waals surface area contributed by atoms with Crippen LogP contribution in [0.25, 0.3) is 11.1 Å². The fourth-order valence-electron chi connectivity index (χ4n) is 4.21. The molecule has 0 amide bonds. The second-order valence-corrected chi connectivity index (χ2v) is 8.84. The lowest BCUT2D eigenvalue weighted by Gasteiger charge is -2.29. The van der Waals surface area contributed by atoms with Gasteiger partial charge < -0.3 is 24.4 Å². The maximum atomic E-state index is 10.7. The molecular formula is C29H34N2O3. The van der Waals surface area contributed by atoms with Crippen LogP contribution in [0.2, 0.25) is 0 Å². The van der Waals surface area contributed by atoms with Gasteiger partial charge in [-0.1, -0.05) is 42.5 Å². The maximum absolute atomic E-state index is 10.7. The zero-order valence-electron chi connectivity index (χ0n) is 20.3. The molecule has 34 heavy (non-hydrogen) atoms. The first kappa shape index (κ1) is 23.9. The normalized spacial score (nSPS) is 14.8. The lowest BCUT2D eigenvalue weighted by molar-refractivity contribution is 0.122. The second kappa shape index (κ2) is 11.2. The highest BCUT2D eigenvalue weighted by Gasteiger charge is 2.16. The van der Waals surface area contributed by atoms with Gasteiger partial charge in [0.2, 0.25) is 0 Å². The Balaban J connectivity index is 1.66. The van der Waals surface area contributed by atoms with Crippen molar-refractivity contribution < 1.29 is 14.6 Å². The van der Waals surface area contributed by atoms with Gasteiger partial charge >= 0.3 is 0 Å². The molecule has 1 fully saturated rings. The molecule has 0 spiro atoms. The highest BCUT2D eigenvalue weighted by Crippen LogP contribution is 2.37. The zero-order valence-corrected chi connectivity index (χ0v) is 20.3. The molecule has 0 saturated carbocycles. The molecule has 4 rings (SSSR count). The first-order valence-electron chi connectivity index (χ1n) is 11.8. The molecule has 5 heteroatoms. The third-order valence-corrected chi connectivity index (χ3v) is 6.18. The standard InChI is InChI=1S/C29H34N2O3/c1-22(23-8-12-25(13-9-23)31-17-19-33-20-18-31)29(27-6-4-5-7-28(27)32)24-10-14-26(15-11-24)34-21-16-30(2)3/h4-15,32H,16-21H2,1-3H3. The van der Waals surface area contributed by atoms with E-state index in [1.54, 1.807) is 6.07 Å². The van der Waals surface area contributed by atoms with Gasteiger partial charge in [0, 0.05) is 30.9 Å². The van der Waals surface area contributed by atoms with Gasteiger partial charge in [0.15, 0.2) is 0 Å². The fourth-order valence-corrected chi connectivity index (χ4v) is 4.21. The molecule has 5 nitrogen and oxygen atoms in total. The van der Waals surface area contributed by atoms with Crippen LogP contribution in [0, 0.1) is 0 Å². The van der Waals surface area contributed by atoms with Gasteiger partial charge in [-0.3, -0.25) is 0 Å². The molecule has 0 aliphatic carbocycles. The number of anilines is 1. The molecule has 3 aromatic carbocycles. The lowest BCUT2D eigenvalue weighted by Crippen LogP contribution is -2.36. The van der Waals surface area contributed by atoms with E-state index in [2.05, 4.69) is 53.1 Å². The monoisotopic (exact) mass is 458 g/mol. The Morgan fingerprint density at radius 1 is 0.912 bits per heavy atom. The quantitative estimate of drug-likeness (QED) is 0.473. The Kier molecular flexibility index (Phi) is 7.88. The fraction of sp³-hybridized carbons (Fsp3) is 0.310. The topological polar surface area (TPSA) is 45.2 Å². The van der Waals surface area contributed by atoms with Crippen molar-refractivity contribution in [2.24, 2.45) is 0 Å². The molecule has 1 N–H and O–H groups in total. The molecule has 1 aliphatic heterocycles. The van der Waals surface area contributed by atoms with Crippen LogP contribution >= 0.6 is 0 Å². The minimum absolute atomic E-state index is 0.271. The molecule has 0 aromatic heterocycles. The highest BCUT2D eigenvalue weighted by molar-refractivity contribution is 5.99. The summed E-state index contributed by atoms with van der Waals surface area (Å²) in [5.41, 5.74) is 6.31. The SMILES string of the molecule is CC(=C(c1ccc(OCCN(C)C)cc1)c1ccccc1O)c1ccc(N2CCOCC2)cc1. The summed E-state index contributed by atoms with van der Waals surface area (Å²) in [4.78, 5) is 4.45. The molecule has 0 atom stereocenters. The average molecular weight is 459 g/mol. The van der Waals surface area contributed by atoms with E-state index in [1.165, 1.54) is 5.69 Å². The summed E-state index contributed by atoms with van der Waals surface area (Å²) in [5.74, 6) is 1.11. The molecular weight excluding hydrogens is 424 g/mol. The molecule has 0 radical (unpaired) electrons. The molecule has 3 aromatic rings. The minimum atomic E-state index is 0.271. The van der Waals surface area contributed by atoms with E-state index in [1.807, 2.05) is 44.4 Å². The van der Waals surface area contributed by atoms with E-state index >= 15 is 0 Å². The van der Waals surface area contributed by atoms with E-state index in [0.717, 1.165) is 66.4 Å². The number of allylic oxidation sites excluding steroid dienone is 1. The van der Waals surface area contributed by atoms with Crippen molar-refractivity contribution in [3.05, 3.63) is 89.5 Å². The number of hydrogen-bond donors (Lipinski definition) is 1. The predicted octanol–water partition coefficient (Wildman–Crippen LogP) is 5.15. The van der Waals surface area contributed by atoms with E-state index in [9.17, 15) is 5.11 Å². The summed E-state index contributed by atoms with van der Waals surface area (Å²) in [6.07, 6.45) is 0. The van der Waals surface area contributed by atoms with E-state index in [0.29, 0.717) is 6.61 Å². The summed E-state index contributed by atoms with van der Waals surface area (Å²) in [7, 11) is 4.07. The smallest absolute Gasteiger partial charge is 0.123 e. The van der Waals surface area contributed by atoms with Crippen LogP contribution < -0.4 is 9.64 Å². The van der Waals surface area contributed by atoms with E-state index in [-0.39, 0.29) is 5.75 Å². The van der Waals surface area contributed by atoms with Gasteiger partial charge in [-0.2, -0.15) is 0 Å². The van der Waals surface area contributed by atoms with Crippen LogP contribution in [0.4, 0.5) is 5.69 Å². The number of hydrogen-bond acceptors (Lipinski definition) is 5. The summed E-state index contributed by atoms with van der Waals surface area (Å²) in [6.45, 7) is 7.00. The summed E-state index contributed by atoms with van der Waals surface area (Å²) < 4.78 is 11.4. The van der Waals surface area contributed by atoms with E-state index < -0.39 is 0 Å². The lowest BCUT2D eigenvalue weighted by atomic mass is 9.89. The maximum Gasteiger partial charge on any atom is 0.123 e. The van der Waals surface area contributed by atoms with Gasteiger partial charge in [0.05, 0.1) is 13.2 Å². The summed E-state index contributed by atoms with van der Waals surface area (Å²) >= 11 is 0. The Labute approximate surface area is 202 Å². The van der Waals surface area contributed by atoms with Gasteiger partial charge in [0.1, 0.15) is 18.1 Å². The Bertz CT molecular complexity index is 1100. The number of nitrogens with zero attached hydrogens (tertiary/aromatic N) is 2. The number of morpholine rings is 1. The van der Waals surface area contributed by atoms with Crippen LogP contribution in [-0.2, 0) is 4.74 Å². The van der Waals surface area contributed by atoms with E-state index in [4.69, 9.17) is 9.47 Å².